The van der Waals surface area contributed by atoms with E-state index in [9.17, 15) is 4.79 Å². The second kappa shape index (κ2) is 5.71. The molecule has 0 radical (unpaired) electrons. The molecule has 0 N–H and O–H groups in total. The number of hydrogen-bond donors (Lipinski definition) is 0. The average Bonchev–Trinajstić information content (AvgIpc) is 2.55. The van der Waals surface area contributed by atoms with Crippen LogP contribution in [0.5, 0.6) is 11.5 Å². The monoisotopic (exact) mass is 301 g/mol. The summed E-state index contributed by atoms with van der Waals surface area (Å²) in [6, 6.07) is 5.61. The molecule has 0 saturated carbocycles. The third-order valence-corrected chi connectivity index (χ3v) is 4.01. The standard InChI is InChI=1S/C16H19N3O3/c1-18-10-17-15(8-16(18)20)19-5-4-11-6-13(21-2)14(22-3)7-12(11)9-19/h6-8,10H,4-5,9H2,1-3H3. The number of aromatic nitrogens is 2. The second-order valence-corrected chi connectivity index (χ2v) is 5.34. The van der Waals surface area contributed by atoms with Gasteiger partial charge in [-0.1, -0.05) is 0 Å². The lowest BCUT2D eigenvalue weighted by molar-refractivity contribution is 0.353. The van der Waals surface area contributed by atoms with Crippen LogP contribution in [0.2, 0.25) is 0 Å². The molecule has 0 amide bonds. The van der Waals surface area contributed by atoms with Crippen molar-refractivity contribution in [3.63, 3.8) is 0 Å². The van der Waals surface area contributed by atoms with Crippen molar-refractivity contribution in [1.82, 2.24) is 9.55 Å². The molecule has 6 heteroatoms. The Hall–Kier alpha value is -2.50. The Morgan fingerprint density at radius 1 is 1.09 bits per heavy atom. The maximum atomic E-state index is 11.8. The van der Waals surface area contributed by atoms with Gasteiger partial charge in [0.05, 0.1) is 20.5 Å². The van der Waals surface area contributed by atoms with Gasteiger partial charge in [0.15, 0.2) is 11.5 Å². The first kappa shape index (κ1) is 14.4. The summed E-state index contributed by atoms with van der Waals surface area (Å²) in [5, 5.41) is 0. The van der Waals surface area contributed by atoms with Crippen LogP contribution < -0.4 is 19.9 Å². The molecular formula is C16H19N3O3. The van der Waals surface area contributed by atoms with Gasteiger partial charge >= 0.3 is 0 Å². The molecule has 22 heavy (non-hydrogen) atoms. The summed E-state index contributed by atoms with van der Waals surface area (Å²) in [5.41, 5.74) is 2.37. The minimum atomic E-state index is -0.0527. The Bertz CT molecular complexity index is 755. The minimum Gasteiger partial charge on any atom is -0.493 e. The number of methoxy groups -OCH3 is 2. The molecule has 6 nitrogen and oxygen atoms in total. The van der Waals surface area contributed by atoms with Crippen molar-refractivity contribution < 1.29 is 9.47 Å². The first-order chi connectivity index (χ1) is 10.6. The van der Waals surface area contributed by atoms with Gasteiger partial charge in [0.25, 0.3) is 5.56 Å². The third-order valence-electron chi connectivity index (χ3n) is 4.01. The second-order valence-electron chi connectivity index (χ2n) is 5.34. The van der Waals surface area contributed by atoms with Crippen LogP contribution in [-0.4, -0.2) is 30.3 Å². The molecule has 2 heterocycles. The van der Waals surface area contributed by atoms with Gasteiger partial charge in [0.2, 0.25) is 0 Å². The summed E-state index contributed by atoms with van der Waals surface area (Å²) in [6.45, 7) is 1.53. The molecule has 0 bridgehead atoms. The van der Waals surface area contributed by atoms with Crippen LogP contribution in [0.25, 0.3) is 0 Å². The summed E-state index contributed by atoms with van der Waals surface area (Å²) >= 11 is 0. The number of nitrogens with zero attached hydrogens (tertiary/aromatic N) is 3. The Kier molecular flexibility index (Phi) is 3.75. The SMILES string of the molecule is COc1cc2c(cc1OC)CN(c1cc(=O)n(C)cn1)CC2. The molecule has 2 aromatic rings. The molecule has 0 aliphatic carbocycles. The van der Waals surface area contributed by atoms with E-state index in [2.05, 4.69) is 9.88 Å². The molecule has 0 saturated heterocycles. The van der Waals surface area contributed by atoms with Gasteiger partial charge in [-0.2, -0.15) is 0 Å². The molecule has 0 fully saturated rings. The number of ether oxygens (including phenoxy) is 2. The van der Waals surface area contributed by atoms with Crippen molar-refractivity contribution in [1.29, 1.82) is 0 Å². The molecule has 0 unspecified atom stereocenters. The molecule has 1 aromatic carbocycles. The molecule has 3 rings (SSSR count). The van der Waals surface area contributed by atoms with Crippen LogP contribution in [-0.2, 0) is 20.0 Å². The van der Waals surface area contributed by atoms with E-state index >= 15 is 0 Å². The predicted octanol–water partition coefficient (Wildman–Crippen LogP) is 1.36. The van der Waals surface area contributed by atoms with Crippen molar-refractivity contribution in [3.05, 3.63) is 46.0 Å². The number of aryl methyl sites for hydroxylation is 1. The topological polar surface area (TPSA) is 56.6 Å². The lowest BCUT2D eigenvalue weighted by atomic mass is 9.99. The van der Waals surface area contributed by atoms with E-state index in [-0.39, 0.29) is 5.56 Å². The summed E-state index contributed by atoms with van der Waals surface area (Å²) < 4.78 is 12.2. The molecular weight excluding hydrogens is 282 g/mol. The van der Waals surface area contributed by atoms with Gasteiger partial charge in [-0.15, -0.1) is 0 Å². The highest BCUT2D eigenvalue weighted by Crippen LogP contribution is 2.33. The number of fused-ring (bicyclic) bond motifs is 1. The molecule has 0 atom stereocenters. The van der Waals surface area contributed by atoms with E-state index in [0.717, 1.165) is 24.5 Å². The first-order valence-corrected chi connectivity index (χ1v) is 7.13. The van der Waals surface area contributed by atoms with Crippen molar-refractivity contribution in [3.8, 4) is 11.5 Å². The summed E-state index contributed by atoms with van der Waals surface area (Å²) in [6.07, 6.45) is 2.44. The Labute approximate surface area is 128 Å². The van der Waals surface area contributed by atoms with Crippen molar-refractivity contribution in [2.24, 2.45) is 7.05 Å². The van der Waals surface area contributed by atoms with E-state index in [1.54, 1.807) is 33.7 Å². The summed E-state index contributed by atoms with van der Waals surface area (Å²) in [5.74, 6) is 2.19. The van der Waals surface area contributed by atoms with Crippen LogP contribution >= 0.6 is 0 Å². The van der Waals surface area contributed by atoms with Crippen LogP contribution in [0.15, 0.2) is 29.3 Å². The fraction of sp³-hybridized carbons (Fsp3) is 0.375. The van der Waals surface area contributed by atoms with Crippen molar-refractivity contribution in [2.45, 2.75) is 13.0 Å². The van der Waals surface area contributed by atoms with Crippen LogP contribution in [0, 0.1) is 0 Å². The number of rotatable bonds is 3. The average molecular weight is 301 g/mol. The number of benzene rings is 1. The maximum absolute atomic E-state index is 11.8. The minimum absolute atomic E-state index is 0.0527. The molecule has 0 spiro atoms. The smallest absolute Gasteiger partial charge is 0.255 e. The van der Waals surface area contributed by atoms with Gasteiger partial charge in [-0.25, -0.2) is 4.98 Å². The summed E-state index contributed by atoms with van der Waals surface area (Å²) in [4.78, 5) is 18.2. The van der Waals surface area contributed by atoms with Crippen molar-refractivity contribution in [2.75, 3.05) is 25.7 Å². The first-order valence-electron chi connectivity index (χ1n) is 7.13. The Morgan fingerprint density at radius 3 is 2.41 bits per heavy atom. The van der Waals surface area contributed by atoms with Crippen LogP contribution in [0.4, 0.5) is 5.82 Å². The number of hydrogen-bond acceptors (Lipinski definition) is 5. The fourth-order valence-electron chi connectivity index (χ4n) is 2.70. The van der Waals surface area contributed by atoms with E-state index in [0.29, 0.717) is 12.4 Å². The van der Waals surface area contributed by atoms with Gasteiger partial charge < -0.3 is 18.9 Å². The molecule has 1 aliphatic rings. The molecule has 1 aliphatic heterocycles. The highest BCUT2D eigenvalue weighted by Gasteiger charge is 2.20. The van der Waals surface area contributed by atoms with E-state index in [4.69, 9.17) is 9.47 Å². The Morgan fingerprint density at radius 2 is 1.77 bits per heavy atom. The van der Waals surface area contributed by atoms with Crippen LogP contribution in [0.3, 0.4) is 0 Å². The number of anilines is 1. The van der Waals surface area contributed by atoms with Gasteiger partial charge in [-0.3, -0.25) is 4.79 Å². The van der Waals surface area contributed by atoms with Gasteiger partial charge in [0, 0.05) is 26.2 Å². The molecule has 116 valence electrons. The lowest BCUT2D eigenvalue weighted by Gasteiger charge is -2.30. The predicted molar refractivity (Wildman–Crippen MR) is 83.8 cm³/mol. The summed E-state index contributed by atoms with van der Waals surface area (Å²) in [7, 11) is 4.97. The zero-order valence-corrected chi connectivity index (χ0v) is 13.0. The van der Waals surface area contributed by atoms with E-state index in [1.165, 1.54) is 15.7 Å². The zero-order valence-electron chi connectivity index (χ0n) is 13.0. The quantitative estimate of drug-likeness (QED) is 0.857. The van der Waals surface area contributed by atoms with Gasteiger partial charge in [0.1, 0.15) is 5.82 Å². The van der Waals surface area contributed by atoms with E-state index in [1.807, 2.05) is 12.1 Å². The largest absolute Gasteiger partial charge is 0.493 e. The normalized spacial score (nSPS) is 13.7. The van der Waals surface area contributed by atoms with Gasteiger partial charge in [-0.05, 0) is 29.7 Å². The highest BCUT2D eigenvalue weighted by atomic mass is 16.5. The lowest BCUT2D eigenvalue weighted by Crippen LogP contribution is -2.32. The fourth-order valence-corrected chi connectivity index (χ4v) is 2.70. The molecule has 1 aromatic heterocycles. The van der Waals surface area contributed by atoms with Crippen molar-refractivity contribution >= 4 is 5.82 Å². The highest BCUT2D eigenvalue weighted by molar-refractivity contribution is 5.51. The maximum Gasteiger partial charge on any atom is 0.255 e. The zero-order chi connectivity index (χ0) is 15.7. The Balaban J connectivity index is 1.92. The third kappa shape index (κ3) is 2.52. The van der Waals surface area contributed by atoms with Crippen LogP contribution in [0.1, 0.15) is 11.1 Å². The van der Waals surface area contributed by atoms with E-state index < -0.39 is 0 Å².